The Kier molecular flexibility index (Phi) is 5.88. The molecule has 0 fully saturated rings. The standard InChI is InChI=1S/C20H19ClN4O2/c1-23-11-16(13-8-19-18(24-10-13)6-7-20(21)25-19)17(22)12-27-15-5-3-4-14(9-15)26-2/h3-11H,12,22H2,1-2H3. The number of pyridine rings is 2. The largest absolute Gasteiger partial charge is 0.497 e. The first-order valence-corrected chi connectivity index (χ1v) is 8.59. The van der Waals surface area contributed by atoms with Crippen molar-refractivity contribution in [1.29, 1.82) is 0 Å². The summed E-state index contributed by atoms with van der Waals surface area (Å²) in [5.41, 5.74) is 9.75. The van der Waals surface area contributed by atoms with Gasteiger partial charge in [0.25, 0.3) is 0 Å². The number of allylic oxidation sites excluding steroid dienone is 1. The molecule has 0 radical (unpaired) electrons. The first-order valence-electron chi connectivity index (χ1n) is 8.21. The molecule has 3 aromatic rings. The minimum Gasteiger partial charge on any atom is -0.497 e. The molecule has 7 heteroatoms. The average Bonchev–Trinajstić information content (AvgIpc) is 2.69. The lowest BCUT2D eigenvalue weighted by molar-refractivity contribution is 0.346. The zero-order valence-corrected chi connectivity index (χ0v) is 15.8. The van der Waals surface area contributed by atoms with Crippen LogP contribution in [0.1, 0.15) is 5.56 Å². The molecule has 2 N–H and O–H groups in total. The second-order valence-electron chi connectivity index (χ2n) is 5.69. The van der Waals surface area contributed by atoms with E-state index in [4.69, 9.17) is 26.8 Å². The van der Waals surface area contributed by atoms with Crippen molar-refractivity contribution in [2.75, 3.05) is 20.8 Å². The molecule has 0 saturated carbocycles. The van der Waals surface area contributed by atoms with Crippen molar-refractivity contribution in [3.8, 4) is 11.5 Å². The van der Waals surface area contributed by atoms with Crippen molar-refractivity contribution in [1.82, 2.24) is 9.97 Å². The molecular formula is C20H19ClN4O2. The fourth-order valence-electron chi connectivity index (χ4n) is 2.53. The molecule has 138 valence electrons. The number of aromatic nitrogens is 2. The van der Waals surface area contributed by atoms with E-state index in [2.05, 4.69) is 15.0 Å². The number of nitrogens with two attached hydrogens (primary N) is 1. The van der Waals surface area contributed by atoms with Gasteiger partial charge in [0.15, 0.2) is 0 Å². The van der Waals surface area contributed by atoms with Crippen molar-refractivity contribution in [3.05, 3.63) is 65.1 Å². The lowest BCUT2D eigenvalue weighted by Gasteiger charge is -2.11. The van der Waals surface area contributed by atoms with Crippen LogP contribution in [0.3, 0.4) is 0 Å². The van der Waals surface area contributed by atoms with Crippen LogP contribution in [-0.2, 0) is 0 Å². The molecule has 0 saturated heterocycles. The molecule has 0 aliphatic carbocycles. The Morgan fingerprint density at radius 3 is 2.78 bits per heavy atom. The maximum atomic E-state index is 6.29. The summed E-state index contributed by atoms with van der Waals surface area (Å²) in [5.74, 6) is 1.38. The van der Waals surface area contributed by atoms with Gasteiger partial charge in [-0.25, -0.2) is 4.98 Å². The molecule has 27 heavy (non-hydrogen) atoms. The number of aliphatic imine (C=N–C) groups is 1. The predicted molar refractivity (Wildman–Crippen MR) is 109 cm³/mol. The van der Waals surface area contributed by atoms with Gasteiger partial charge in [0, 0.05) is 36.7 Å². The smallest absolute Gasteiger partial charge is 0.129 e. The van der Waals surface area contributed by atoms with Crippen molar-refractivity contribution < 1.29 is 9.47 Å². The number of hydrogen-bond acceptors (Lipinski definition) is 6. The highest BCUT2D eigenvalue weighted by molar-refractivity contribution is 6.29. The van der Waals surface area contributed by atoms with Crippen LogP contribution < -0.4 is 15.2 Å². The van der Waals surface area contributed by atoms with Gasteiger partial charge in [0.2, 0.25) is 0 Å². The summed E-state index contributed by atoms with van der Waals surface area (Å²) in [6.45, 7) is 0.190. The Morgan fingerprint density at radius 2 is 2.00 bits per heavy atom. The second kappa shape index (κ2) is 8.51. The number of hydrogen-bond donors (Lipinski definition) is 1. The van der Waals surface area contributed by atoms with E-state index in [9.17, 15) is 0 Å². The molecule has 2 heterocycles. The summed E-state index contributed by atoms with van der Waals surface area (Å²) in [7, 11) is 3.29. The van der Waals surface area contributed by atoms with Crippen LogP contribution in [0, 0.1) is 0 Å². The Hall–Kier alpha value is -3.12. The zero-order chi connectivity index (χ0) is 19.2. The first-order chi connectivity index (χ1) is 13.1. The van der Waals surface area contributed by atoms with Crippen LogP contribution in [-0.4, -0.2) is 36.9 Å². The Morgan fingerprint density at radius 1 is 1.19 bits per heavy atom. The van der Waals surface area contributed by atoms with Gasteiger partial charge in [0.1, 0.15) is 23.3 Å². The minimum absolute atomic E-state index is 0.190. The fraction of sp³-hybridized carbons (Fsp3) is 0.150. The third kappa shape index (κ3) is 4.54. The van der Waals surface area contributed by atoms with Gasteiger partial charge >= 0.3 is 0 Å². The van der Waals surface area contributed by atoms with Gasteiger partial charge in [-0.1, -0.05) is 17.7 Å². The van der Waals surface area contributed by atoms with Gasteiger partial charge in [-0.2, -0.15) is 0 Å². The number of rotatable bonds is 6. The Balaban J connectivity index is 1.90. The van der Waals surface area contributed by atoms with Crippen LogP contribution in [0.5, 0.6) is 11.5 Å². The molecule has 0 amide bonds. The topological polar surface area (TPSA) is 82.6 Å². The molecule has 0 bridgehead atoms. The van der Waals surface area contributed by atoms with E-state index >= 15 is 0 Å². The summed E-state index contributed by atoms with van der Waals surface area (Å²) in [6.07, 6.45) is 3.41. The zero-order valence-electron chi connectivity index (χ0n) is 15.0. The quantitative estimate of drug-likeness (QED) is 0.518. The highest BCUT2D eigenvalue weighted by atomic mass is 35.5. The van der Waals surface area contributed by atoms with Crippen LogP contribution in [0.4, 0.5) is 0 Å². The summed E-state index contributed by atoms with van der Waals surface area (Å²) in [6, 6.07) is 12.7. The minimum atomic E-state index is 0.190. The average molecular weight is 383 g/mol. The van der Waals surface area contributed by atoms with Gasteiger partial charge < -0.3 is 15.2 Å². The number of nitrogens with zero attached hydrogens (tertiary/aromatic N) is 3. The van der Waals surface area contributed by atoms with Gasteiger partial charge in [0.05, 0.1) is 23.8 Å². The fourth-order valence-corrected chi connectivity index (χ4v) is 2.68. The molecule has 3 rings (SSSR count). The molecule has 0 aliphatic heterocycles. The summed E-state index contributed by atoms with van der Waals surface area (Å²) >= 11 is 5.98. The molecule has 1 aromatic carbocycles. The lowest BCUT2D eigenvalue weighted by atomic mass is 10.1. The SMILES string of the molecule is CN=CC(=C(N)COc1cccc(OC)c1)c1cnc2ccc(Cl)nc2c1. The maximum Gasteiger partial charge on any atom is 0.129 e. The molecule has 6 nitrogen and oxygen atoms in total. The molecule has 0 atom stereocenters. The number of methoxy groups -OCH3 is 1. The summed E-state index contributed by atoms with van der Waals surface area (Å²) in [5, 5.41) is 0.408. The summed E-state index contributed by atoms with van der Waals surface area (Å²) < 4.78 is 11.0. The number of halogens is 1. The summed E-state index contributed by atoms with van der Waals surface area (Å²) in [4.78, 5) is 12.8. The van der Waals surface area contributed by atoms with Crippen molar-refractivity contribution in [2.24, 2.45) is 10.7 Å². The maximum absolute atomic E-state index is 6.29. The van der Waals surface area contributed by atoms with Crippen LogP contribution in [0.15, 0.2) is 59.4 Å². The molecule has 0 spiro atoms. The molecule has 2 aromatic heterocycles. The van der Waals surface area contributed by atoms with Gasteiger partial charge in [-0.15, -0.1) is 0 Å². The third-order valence-electron chi connectivity index (χ3n) is 3.85. The van der Waals surface area contributed by atoms with E-state index in [1.807, 2.05) is 30.3 Å². The second-order valence-corrected chi connectivity index (χ2v) is 6.08. The van der Waals surface area contributed by atoms with Crippen LogP contribution >= 0.6 is 11.6 Å². The predicted octanol–water partition coefficient (Wildman–Crippen LogP) is 3.74. The molecule has 0 aliphatic rings. The van der Waals surface area contributed by atoms with E-state index in [1.54, 1.807) is 38.7 Å². The number of benzene rings is 1. The van der Waals surface area contributed by atoms with Crippen molar-refractivity contribution in [3.63, 3.8) is 0 Å². The first kappa shape index (κ1) is 18.7. The lowest BCUT2D eigenvalue weighted by Crippen LogP contribution is -2.13. The number of fused-ring (bicyclic) bond motifs is 1. The Bertz CT molecular complexity index is 1020. The number of ether oxygens (including phenoxy) is 2. The van der Waals surface area contributed by atoms with Crippen molar-refractivity contribution >= 4 is 34.4 Å². The van der Waals surface area contributed by atoms with Gasteiger partial charge in [-0.05, 0) is 30.3 Å². The highest BCUT2D eigenvalue weighted by Crippen LogP contribution is 2.22. The molecule has 0 unspecified atom stereocenters. The van der Waals surface area contributed by atoms with Crippen LogP contribution in [0.25, 0.3) is 16.6 Å². The molecular weight excluding hydrogens is 364 g/mol. The third-order valence-corrected chi connectivity index (χ3v) is 4.06. The van der Waals surface area contributed by atoms with E-state index in [1.165, 1.54) is 0 Å². The highest BCUT2D eigenvalue weighted by Gasteiger charge is 2.09. The normalized spacial score (nSPS) is 12.3. The van der Waals surface area contributed by atoms with E-state index in [0.717, 1.165) is 16.7 Å². The van der Waals surface area contributed by atoms with Gasteiger partial charge in [-0.3, -0.25) is 9.98 Å². The van der Waals surface area contributed by atoms with Crippen LogP contribution in [0.2, 0.25) is 5.15 Å². The van der Waals surface area contributed by atoms with E-state index in [-0.39, 0.29) is 6.61 Å². The Labute approximate surface area is 162 Å². The van der Waals surface area contributed by atoms with E-state index < -0.39 is 0 Å². The van der Waals surface area contributed by atoms with E-state index in [0.29, 0.717) is 27.9 Å². The monoisotopic (exact) mass is 382 g/mol. The van der Waals surface area contributed by atoms with Crippen molar-refractivity contribution in [2.45, 2.75) is 0 Å².